The fraction of sp³-hybridized carbons (Fsp3) is 0.529. The summed E-state index contributed by atoms with van der Waals surface area (Å²) in [5.74, 6) is 0.560. The highest BCUT2D eigenvalue weighted by Crippen LogP contribution is 2.13. The third-order valence-corrected chi connectivity index (χ3v) is 2.97. The van der Waals surface area contributed by atoms with Crippen LogP contribution in [0.4, 0.5) is 10.5 Å². The van der Waals surface area contributed by atoms with E-state index < -0.39 is 16.6 Å². The van der Waals surface area contributed by atoms with Crippen molar-refractivity contribution in [2.75, 3.05) is 19.6 Å². The Labute approximate surface area is 153 Å². The highest BCUT2D eigenvalue weighted by Gasteiger charge is 2.15. The number of rotatable bonds is 7. The van der Waals surface area contributed by atoms with Crippen LogP contribution in [0.15, 0.2) is 29.3 Å². The van der Waals surface area contributed by atoms with Gasteiger partial charge in [0, 0.05) is 31.8 Å². The second kappa shape index (κ2) is 10.2. The minimum Gasteiger partial charge on any atom is -0.444 e. The number of hydrogen-bond donors (Lipinski definition) is 3. The van der Waals surface area contributed by atoms with Crippen LogP contribution in [0, 0.1) is 10.1 Å². The molecule has 3 N–H and O–H groups in total. The van der Waals surface area contributed by atoms with Gasteiger partial charge in [0.25, 0.3) is 5.69 Å². The van der Waals surface area contributed by atoms with Gasteiger partial charge in [-0.05, 0) is 33.3 Å². The Morgan fingerprint density at radius 2 is 1.92 bits per heavy atom. The lowest BCUT2D eigenvalue weighted by Gasteiger charge is -2.19. The monoisotopic (exact) mass is 365 g/mol. The molecule has 0 heterocycles. The molecule has 0 aliphatic carbocycles. The fourth-order valence-corrected chi connectivity index (χ4v) is 1.94. The van der Waals surface area contributed by atoms with Gasteiger partial charge in [0.15, 0.2) is 5.96 Å². The van der Waals surface area contributed by atoms with Gasteiger partial charge in [-0.25, -0.2) is 9.79 Å². The molecule has 0 aromatic heterocycles. The van der Waals surface area contributed by atoms with Crippen molar-refractivity contribution in [3.63, 3.8) is 0 Å². The third-order valence-electron chi connectivity index (χ3n) is 2.97. The molecule has 1 aromatic carbocycles. The Morgan fingerprint density at radius 3 is 2.54 bits per heavy atom. The SMILES string of the molecule is CCNC(=NCc1cccc([N+](=O)[O-])c1)NCCNC(=O)OC(C)(C)C. The zero-order valence-corrected chi connectivity index (χ0v) is 15.7. The number of nitro benzene ring substituents is 1. The molecule has 1 aromatic rings. The minimum absolute atomic E-state index is 0.0391. The number of nitrogens with one attached hydrogen (secondary N) is 3. The van der Waals surface area contributed by atoms with Crippen LogP contribution in [0.5, 0.6) is 0 Å². The average molecular weight is 365 g/mol. The molecule has 0 spiro atoms. The summed E-state index contributed by atoms with van der Waals surface area (Å²) in [5, 5.41) is 19.6. The van der Waals surface area contributed by atoms with Crippen LogP contribution in [-0.2, 0) is 11.3 Å². The molecule has 9 heteroatoms. The van der Waals surface area contributed by atoms with Crippen molar-refractivity contribution in [1.29, 1.82) is 0 Å². The summed E-state index contributed by atoms with van der Waals surface area (Å²) >= 11 is 0. The Morgan fingerprint density at radius 1 is 1.23 bits per heavy atom. The van der Waals surface area contributed by atoms with Gasteiger partial charge in [0.05, 0.1) is 11.5 Å². The van der Waals surface area contributed by atoms with E-state index in [9.17, 15) is 14.9 Å². The highest BCUT2D eigenvalue weighted by molar-refractivity contribution is 5.79. The summed E-state index contributed by atoms with van der Waals surface area (Å²) in [6, 6.07) is 6.36. The Balaban J connectivity index is 2.50. The van der Waals surface area contributed by atoms with Crippen molar-refractivity contribution in [2.24, 2.45) is 4.99 Å². The van der Waals surface area contributed by atoms with Gasteiger partial charge in [-0.2, -0.15) is 0 Å². The number of non-ortho nitro benzene ring substituents is 1. The molecule has 0 unspecified atom stereocenters. The van der Waals surface area contributed by atoms with E-state index in [1.54, 1.807) is 32.9 Å². The number of amides is 1. The lowest BCUT2D eigenvalue weighted by molar-refractivity contribution is -0.384. The second-order valence-corrected chi connectivity index (χ2v) is 6.48. The first kappa shape index (κ1) is 21.2. The number of aliphatic imine (C=N–C) groups is 1. The first-order valence-electron chi connectivity index (χ1n) is 8.43. The molecule has 0 saturated heterocycles. The summed E-state index contributed by atoms with van der Waals surface area (Å²) in [7, 11) is 0. The van der Waals surface area contributed by atoms with E-state index in [2.05, 4.69) is 20.9 Å². The number of hydrogen-bond acceptors (Lipinski definition) is 5. The fourth-order valence-electron chi connectivity index (χ4n) is 1.94. The molecule has 1 rings (SSSR count). The van der Waals surface area contributed by atoms with Gasteiger partial charge in [-0.15, -0.1) is 0 Å². The lowest BCUT2D eigenvalue weighted by Crippen LogP contribution is -2.42. The van der Waals surface area contributed by atoms with Crippen molar-refractivity contribution in [3.05, 3.63) is 39.9 Å². The first-order valence-corrected chi connectivity index (χ1v) is 8.43. The normalized spacial score (nSPS) is 11.6. The van der Waals surface area contributed by atoms with Crippen LogP contribution in [-0.4, -0.2) is 42.2 Å². The first-order chi connectivity index (χ1) is 12.2. The summed E-state index contributed by atoms with van der Waals surface area (Å²) in [5.41, 5.74) is 0.243. The van der Waals surface area contributed by atoms with Gasteiger partial charge in [-0.3, -0.25) is 10.1 Å². The van der Waals surface area contributed by atoms with E-state index in [0.29, 0.717) is 32.1 Å². The average Bonchev–Trinajstić information content (AvgIpc) is 2.55. The van der Waals surface area contributed by atoms with E-state index in [1.165, 1.54) is 12.1 Å². The maximum absolute atomic E-state index is 11.6. The number of ether oxygens (including phenoxy) is 1. The van der Waals surface area contributed by atoms with Crippen molar-refractivity contribution >= 4 is 17.7 Å². The van der Waals surface area contributed by atoms with Gasteiger partial charge in [-0.1, -0.05) is 12.1 Å². The highest BCUT2D eigenvalue weighted by atomic mass is 16.6. The lowest BCUT2D eigenvalue weighted by atomic mass is 10.2. The molecule has 0 atom stereocenters. The number of benzene rings is 1. The van der Waals surface area contributed by atoms with Gasteiger partial charge >= 0.3 is 6.09 Å². The van der Waals surface area contributed by atoms with Crippen LogP contribution in [0.2, 0.25) is 0 Å². The van der Waals surface area contributed by atoms with Crippen molar-refractivity contribution in [1.82, 2.24) is 16.0 Å². The standard InChI is InChI=1S/C17H27N5O4/c1-5-18-15(19-9-10-20-16(23)26-17(2,3)4)21-12-13-7-6-8-14(11-13)22(24)25/h6-8,11H,5,9-10,12H2,1-4H3,(H,20,23)(H2,18,19,21). The summed E-state index contributed by atoms with van der Waals surface area (Å²) in [6.45, 7) is 9.13. The molecule has 9 nitrogen and oxygen atoms in total. The third kappa shape index (κ3) is 8.86. The number of nitrogens with zero attached hydrogens (tertiary/aromatic N) is 2. The minimum atomic E-state index is -0.536. The number of carbonyl (C=O) groups is 1. The van der Waals surface area contributed by atoms with E-state index >= 15 is 0 Å². The quantitative estimate of drug-likeness (QED) is 0.224. The molecule has 0 fully saturated rings. The van der Waals surface area contributed by atoms with Crippen molar-refractivity contribution in [2.45, 2.75) is 39.8 Å². The second-order valence-electron chi connectivity index (χ2n) is 6.48. The molecular formula is C17H27N5O4. The van der Waals surface area contributed by atoms with Crippen LogP contribution >= 0.6 is 0 Å². The van der Waals surface area contributed by atoms with E-state index in [0.717, 1.165) is 5.56 Å². The van der Waals surface area contributed by atoms with Gasteiger partial charge in [0.2, 0.25) is 0 Å². The number of nitro groups is 1. The van der Waals surface area contributed by atoms with E-state index in [-0.39, 0.29) is 5.69 Å². The molecule has 0 bridgehead atoms. The van der Waals surface area contributed by atoms with Crippen molar-refractivity contribution in [3.8, 4) is 0 Å². The molecule has 144 valence electrons. The predicted octanol–water partition coefficient (Wildman–Crippen LogP) is 2.17. The molecule has 0 aliphatic rings. The summed E-state index contributed by atoms with van der Waals surface area (Å²) in [4.78, 5) is 26.3. The van der Waals surface area contributed by atoms with E-state index in [1.807, 2.05) is 6.92 Å². The number of alkyl carbamates (subject to hydrolysis) is 1. The number of guanidine groups is 1. The molecule has 1 amide bonds. The van der Waals surface area contributed by atoms with Crippen molar-refractivity contribution < 1.29 is 14.5 Å². The van der Waals surface area contributed by atoms with Gasteiger partial charge in [0.1, 0.15) is 5.60 Å². The summed E-state index contributed by atoms with van der Waals surface area (Å²) in [6.07, 6.45) is -0.474. The number of carbonyl (C=O) groups excluding carboxylic acids is 1. The van der Waals surface area contributed by atoms with Crippen LogP contribution < -0.4 is 16.0 Å². The molecular weight excluding hydrogens is 338 g/mol. The zero-order valence-electron chi connectivity index (χ0n) is 15.7. The molecule has 26 heavy (non-hydrogen) atoms. The predicted molar refractivity (Wildman–Crippen MR) is 100 cm³/mol. The maximum atomic E-state index is 11.6. The zero-order chi connectivity index (χ0) is 19.6. The van der Waals surface area contributed by atoms with Crippen LogP contribution in [0.1, 0.15) is 33.3 Å². The smallest absolute Gasteiger partial charge is 0.407 e. The maximum Gasteiger partial charge on any atom is 0.407 e. The van der Waals surface area contributed by atoms with Gasteiger partial charge < -0.3 is 20.7 Å². The van der Waals surface area contributed by atoms with E-state index in [4.69, 9.17) is 4.74 Å². The molecule has 0 aliphatic heterocycles. The Bertz CT molecular complexity index is 640. The van der Waals surface area contributed by atoms with Crippen LogP contribution in [0.3, 0.4) is 0 Å². The largest absolute Gasteiger partial charge is 0.444 e. The Hall–Kier alpha value is -2.84. The topological polar surface area (TPSA) is 118 Å². The Kier molecular flexibility index (Phi) is 8.33. The van der Waals surface area contributed by atoms with Crippen LogP contribution in [0.25, 0.3) is 0 Å². The molecule has 0 saturated carbocycles. The summed E-state index contributed by atoms with van der Waals surface area (Å²) < 4.78 is 5.15. The molecule has 0 radical (unpaired) electrons.